The van der Waals surface area contributed by atoms with Gasteiger partial charge in [-0.2, -0.15) is 0 Å². The van der Waals surface area contributed by atoms with Crippen LogP contribution in [0.25, 0.3) is 0 Å². The molecule has 2 aromatic rings. The summed E-state index contributed by atoms with van der Waals surface area (Å²) in [6.07, 6.45) is 4.91. The quantitative estimate of drug-likeness (QED) is 0.842. The minimum absolute atomic E-state index is 0.934. The van der Waals surface area contributed by atoms with E-state index in [2.05, 4.69) is 56.1 Å². The Morgan fingerprint density at radius 2 is 2.12 bits per heavy atom. The first kappa shape index (κ1) is 10.8. The van der Waals surface area contributed by atoms with Crippen LogP contribution >= 0.6 is 15.9 Å². The number of hydrogen-bond acceptors (Lipinski definition) is 2. The maximum absolute atomic E-state index is 4.21. The van der Waals surface area contributed by atoms with Gasteiger partial charge in [0.25, 0.3) is 0 Å². The maximum atomic E-state index is 4.21. The molecular weight excluding hydrogens is 276 g/mol. The molecule has 1 aromatic heterocycles. The number of halogens is 1. The molecule has 3 rings (SSSR count). The number of aromatic nitrogens is 1. The van der Waals surface area contributed by atoms with Crippen molar-refractivity contribution in [2.24, 2.45) is 0 Å². The number of para-hydroxylation sites is 1. The highest BCUT2D eigenvalue weighted by Gasteiger charge is 2.18. The van der Waals surface area contributed by atoms with E-state index in [9.17, 15) is 0 Å². The fourth-order valence-electron chi connectivity index (χ4n) is 2.33. The Kier molecular flexibility index (Phi) is 2.85. The highest BCUT2D eigenvalue weighted by atomic mass is 79.9. The summed E-state index contributed by atoms with van der Waals surface area (Å²) >= 11 is 3.46. The van der Waals surface area contributed by atoms with E-state index < -0.39 is 0 Å². The van der Waals surface area contributed by atoms with Gasteiger partial charge in [0.15, 0.2) is 0 Å². The van der Waals surface area contributed by atoms with Crippen LogP contribution in [0.4, 0.5) is 5.69 Å². The Hall–Kier alpha value is -1.35. The van der Waals surface area contributed by atoms with Crippen LogP contribution in [0.3, 0.4) is 0 Å². The smallest absolute Gasteiger partial charge is 0.0445 e. The van der Waals surface area contributed by atoms with Gasteiger partial charge in [0, 0.05) is 35.6 Å². The van der Waals surface area contributed by atoms with E-state index >= 15 is 0 Å². The van der Waals surface area contributed by atoms with Crippen LogP contribution in [0, 0.1) is 0 Å². The molecule has 2 nitrogen and oxygen atoms in total. The largest absolute Gasteiger partial charge is 0.367 e. The number of rotatable bonds is 2. The second kappa shape index (κ2) is 4.49. The second-order valence-corrected chi connectivity index (χ2v) is 5.23. The Morgan fingerprint density at radius 1 is 1.24 bits per heavy atom. The van der Waals surface area contributed by atoms with Crippen molar-refractivity contribution in [3.8, 4) is 0 Å². The zero-order valence-corrected chi connectivity index (χ0v) is 11.0. The molecule has 0 aliphatic carbocycles. The molecule has 3 heteroatoms. The van der Waals surface area contributed by atoms with Crippen molar-refractivity contribution in [1.82, 2.24) is 4.98 Å². The molecule has 0 radical (unpaired) electrons. The fourth-order valence-corrected chi connectivity index (χ4v) is 2.75. The van der Waals surface area contributed by atoms with E-state index in [0.29, 0.717) is 0 Å². The number of anilines is 1. The van der Waals surface area contributed by atoms with Gasteiger partial charge in [0.05, 0.1) is 0 Å². The third-order valence-corrected chi connectivity index (χ3v) is 3.55. The van der Waals surface area contributed by atoms with Crippen molar-refractivity contribution >= 4 is 21.6 Å². The Balaban J connectivity index is 1.84. The minimum Gasteiger partial charge on any atom is -0.367 e. The molecule has 1 aromatic carbocycles. The third-order valence-electron chi connectivity index (χ3n) is 3.12. The number of fused-ring (bicyclic) bond motifs is 1. The molecule has 0 amide bonds. The SMILES string of the molecule is Brc1cncc(CN2CCc3ccccc32)c1. The van der Waals surface area contributed by atoms with E-state index in [1.54, 1.807) is 0 Å². The lowest BCUT2D eigenvalue weighted by Gasteiger charge is -2.19. The van der Waals surface area contributed by atoms with Gasteiger partial charge >= 0.3 is 0 Å². The lowest BCUT2D eigenvalue weighted by atomic mass is 10.2. The highest BCUT2D eigenvalue weighted by Crippen LogP contribution is 2.28. The molecule has 0 saturated heterocycles. The van der Waals surface area contributed by atoms with Crippen molar-refractivity contribution in [1.29, 1.82) is 0 Å². The first-order valence-corrected chi connectivity index (χ1v) is 6.54. The van der Waals surface area contributed by atoms with E-state index in [0.717, 1.165) is 24.0 Å². The summed E-state index contributed by atoms with van der Waals surface area (Å²) < 4.78 is 1.04. The standard InChI is InChI=1S/C14H13BrN2/c15-13-7-11(8-16-9-13)10-17-6-5-12-3-1-2-4-14(12)17/h1-4,7-9H,5-6,10H2. The number of pyridine rings is 1. The van der Waals surface area contributed by atoms with Crippen molar-refractivity contribution in [2.45, 2.75) is 13.0 Å². The molecule has 86 valence electrons. The zero-order chi connectivity index (χ0) is 11.7. The molecular formula is C14H13BrN2. The Bertz CT molecular complexity index is 539. The summed E-state index contributed by atoms with van der Waals surface area (Å²) in [6.45, 7) is 2.04. The molecule has 2 heterocycles. The zero-order valence-electron chi connectivity index (χ0n) is 9.44. The van der Waals surface area contributed by atoms with Gasteiger partial charge in [-0.25, -0.2) is 0 Å². The minimum atomic E-state index is 0.934. The lowest BCUT2D eigenvalue weighted by molar-refractivity contribution is 0.832. The lowest BCUT2D eigenvalue weighted by Crippen LogP contribution is -2.19. The summed E-state index contributed by atoms with van der Waals surface area (Å²) in [5.41, 5.74) is 4.07. The van der Waals surface area contributed by atoms with Crippen molar-refractivity contribution < 1.29 is 0 Å². The maximum Gasteiger partial charge on any atom is 0.0445 e. The summed E-state index contributed by atoms with van der Waals surface area (Å²) in [5.74, 6) is 0. The Morgan fingerprint density at radius 3 is 3.00 bits per heavy atom. The molecule has 17 heavy (non-hydrogen) atoms. The van der Waals surface area contributed by atoms with E-state index in [-0.39, 0.29) is 0 Å². The normalized spacial score (nSPS) is 13.8. The van der Waals surface area contributed by atoms with Crippen molar-refractivity contribution in [3.63, 3.8) is 0 Å². The monoisotopic (exact) mass is 288 g/mol. The predicted octanol–water partition coefficient (Wildman–Crippen LogP) is 3.41. The molecule has 0 saturated carbocycles. The molecule has 0 N–H and O–H groups in total. The van der Waals surface area contributed by atoms with Gasteiger partial charge in [-0.05, 0) is 45.6 Å². The molecule has 1 aliphatic heterocycles. The summed E-state index contributed by atoms with van der Waals surface area (Å²) in [7, 11) is 0. The molecule has 0 unspecified atom stereocenters. The average Bonchev–Trinajstić information content (AvgIpc) is 2.73. The molecule has 0 atom stereocenters. The first-order chi connectivity index (χ1) is 8.33. The first-order valence-electron chi connectivity index (χ1n) is 5.75. The van der Waals surface area contributed by atoms with Gasteiger partial charge in [-0.15, -0.1) is 0 Å². The van der Waals surface area contributed by atoms with Crippen LogP contribution in [0.5, 0.6) is 0 Å². The molecule has 0 spiro atoms. The van der Waals surface area contributed by atoms with Gasteiger partial charge in [0.2, 0.25) is 0 Å². The van der Waals surface area contributed by atoms with Crippen molar-refractivity contribution in [2.75, 3.05) is 11.4 Å². The number of benzene rings is 1. The summed E-state index contributed by atoms with van der Waals surface area (Å²) in [6, 6.07) is 10.8. The van der Waals surface area contributed by atoms with E-state index in [1.807, 2.05) is 12.4 Å². The topological polar surface area (TPSA) is 16.1 Å². The van der Waals surface area contributed by atoms with Crippen LogP contribution in [-0.4, -0.2) is 11.5 Å². The number of hydrogen-bond donors (Lipinski definition) is 0. The van der Waals surface area contributed by atoms with Crippen LogP contribution in [-0.2, 0) is 13.0 Å². The van der Waals surface area contributed by atoms with Gasteiger partial charge in [-0.3, -0.25) is 4.98 Å². The van der Waals surface area contributed by atoms with Crippen molar-refractivity contribution in [3.05, 3.63) is 58.3 Å². The van der Waals surface area contributed by atoms with Gasteiger partial charge < -0.3 is 4.90 Å². The third kappa shape index (κ3) is 2.20. The second-order valence-electron chi connectivity index (χ2n) is 4.31. The van der Waals surface area contributed by atoms with Crippen LogP contribution < -0.4 is 4.90 Å². The average molecular weight is 289 g/mol. The highest BCUT2D eigenvalue weighted by molar-refractivity contribution is 9.10. The van der Waals surface area contributed by atoms with Crippen LogP contribution in [0.1, 0.15) is 11.1 Å². The Labute approximate surface area is 109 Å². The van der Waals surface area contributed by atoms with E-state index in [1.165, 1.54) is 16.8 Å². The summed E-state index contributed by atoms with van der Waals surface area (Å²) in [5, 5.41) is 0. The molecule has 0 bridgehead atoms. The van der Waals surface area contributed by atoms with Crippen LogP contribution in [0.2, 0.25) is 0 Å². The predicted molar refractivity (Wildman–Crippen MR) is 73.1 cm³/mol. The fraction of sp³-hybridized carbons (Fsp3) is 0.214. The van der Waals surface area contributed by atoms with Crippen LogP contribution in [0.15, 0.2) is 47.2 Å². The van der Waals surface area contributed by atoms with E-state index in [4.69, 9.17) is 0 Å². The van der Waals surface area contributed by atoms with Gasteiger partial charge in [0.1, 0.15) is 0 Å². The summed E-state index contributed by atoms with van der Waals surface area (Å²) in [4.78, 5) is 6.62. The molecule has 0 fully saturated rings. The molecule has 1 aliphatic rings. The van der Waals surface area contributed by atoms with Gasteiger partial charge in [-0.1, -0.05) is 18.2 Å². The number of nitrogens with zero attached hydrogens (tertiary/aromatic N) is 2.